The number of allylic oxidation sites excluding steroid dienone is 14. The van der Waals surface area contributed by atoms with Gasteiger partial charge in [-0.05, 0) is 85.4 Å². The van der Waals surface area contributed by atoms with Crippen molar-refractivity contribution in [3.63, 3.8) is 0 Å². The Labute approximate surface area is 329 Å². The number of rotatable bonds is 6. The molecule has 4 nitrogen and oxygen atoms in total. The van der Waals surface area contributed by atoms with Crippen LogP contribution in [0.4, 0.5) is 0 Å². The molecule has 4 heteroatoms. The first-order valence-corrected chi connectivity index (χ1v) is 20.4. The van der Waals surface area contributed by atoms with Gasteiger partial charge in [-0.1, -0.05) is 146 Å². The summed E-state index contributed by atoms with van der Waals surface area (Å²) in [6, 6.07) is 31.0. The van der Waals surface area contributed by atoms with Crippen LogP contribution in [0.3, 0.4) is 0 Å². The molecule has 3 unspecified atom stereocenters. The third kappa shape index (κ3) is 5.58. The molecule has 3 heterocycles. The van der Waals surface area contributed by atoms with Crippen molar-refractivity contribution in [1.29, 1.82) is 0 Å². The average Bonchev–Trinajstić information content (AvgIpc) is 3.80. The van der Waals surface area contributed by atoms with Crippen LogP contribution < -0.4 is 0 Å². The maximum Gasteiger partial charge on any atom is 0.156 e. The summed E-state index contributed by atoms with van der Waals surface area (Å²) in [5.74, 6) is 1.24. The number of aromatic nitrogens is 3. The summed E-state index contributed by atoms with van der Waals surface area (Å²) in [4.78, 5) is 13.6. The fourth-order valence-corrected chi connectivity index (χ4v) is 9.94. The van der Waals surface area contributed by atoms with E-state index >= 15 is 0 Å². The van der Waals surface area contributed by atoms with E-state index in [-0.39, 0.29) is 12.0 Å². The lowest BCUT2D eigenvalue weighted by Crippen LogP contribution is -2.33. The van der Waals surface area contributed by atoms with E-state index in [9.17, 15) is 0 Å². The third-order valence-corrected chi connectivity index (χ3v) is 12.5. The van der Waals surface area contributed by atoms with Crippen molar-refractivity contribution in [1.82, 2.24) is 19.4 Å². The predicted molar refractivity (Wildman–Crippen MR) is 231 cm³/mol. The molecule has 0 fully saturated rings. The average molecular weight is 725 g/mol. The molecule has 0 radical (unpaired) electrons. The Hall–Kier alpha value is -6.26. The van der Waals surface area contributed by atoms with Gasteiger partial charge in [0.15, 0.2) is 5.82 Å². The molecule has 11 rings (SSSR count). The number of hydrogen-bond acceptors (Lipinski definition) is 3. The normalized spacial score (nSPS) is 22.2. The van der Waals surface area contributed by atoms with Gasteiger partial charge in [-0.2, -0.15) is 0 Å². The summed E-state index contributed by atoms with van der Waals surface area (Å²) >= 11 is 0. The molecule has 2 aromatic heterocycles. The van der Waals surface area contributed by atoms with Gasteiger partial charge in [-0.3, -0.25) is 0 Å². The number of nitrogens with zero attached hydrogens (tertiary/aromatic N) is 4. The van der Waals surface area contributed by atoms with Crippen molar-refractivity contribution < 1.29 is 0 Å². The molecule has 0 saturated heterocycles. The lowest BCUT2D eigenvalue weighted by molar-refractivity contribution is 0.339. The number of hydrogen-bond donors (Lipinski definition) is 0. The van der Waals surface area contributed by atoms with Gasteiger partial charge in [0.1, 0.15) is 0 Å². The van der Waals surface area contributed by atoms with Crippen LogP contribution in [0.5, 0.6) is 0 Å². The maximum atomic E-state index is 5.53. The van der Waals surface area contributed by atoms with Crippen LogP contribution in [-0.4, -0.2) is 25.5 Å². The quantitative estimate of drug-likeness (QED) is 0.175. The largest absolute Gasteiger partial charge is 0.340 e. The van der Waals surface area contributed by atoms with Crippen LogP contribution in [0.25, 0.3) is 50.6 Å². The zero-order valence-electron chi connectivity index (χ0n) is 31.6. The Balaban J connectivity index is 1.12. The standard InChI is InChI=1S/C52H44N4/c1-3-17-35(18-4-1)40-21-7-8-22-41(40)47-34-46(53-52(54-47)36-19-5-2-6-20-36)37-31-38(55-48-27-13-9-23-42(48)43-24-10-14-28-49(43)55)33-39(32-37)56-50-29-15-11-25-44(50)45-26-12-16-30-51(45)56/h1-5,7-13,15,17-19,21-27,29,31,33-34,37,44,50H,6,14,16,20,28,30,32H2. The highest BCUT2D eigenvalue weighted by molar-refractivity contribution is 5.95. The summed E-state index contributed by atoms with van der Waals surface area (Å²) in [5, 5.41) is 1.32. The molecule has 3 atom stereocenters. The highest BCUT2D eigenvalue weighted by Gasteiger charge is 2.41. The van der Waals surface area contributed by atoms with E-state index in [1.807, 2.05) is 0 Å². The molecule has 272 valence electrons. The van der Waals surface area contributed by atoms with Crippen LogP contribution in [0.2, 0.25) is 0 Å². The second kappa shape index (κ2) is 13.8. The van der Waals surface area contributed by atoms with Gasteiger partial charge in [-0.25, -0.2) is 9.97 Å². The van der Waals surface area contributed by atoms with Gasteiger partial charge in [-0.15, -0.1) is 0 Å². The molecule has 0 bridgehead atoms. The van der Waals surface area contributed by atoms with Crippen LogP contribution in [-0.2, 0) is 6.42 Å². The van der Waals surface area contributed by atoms with Crippen LogP contribution in [0, 0.1) is 5.92 Å². The molecule has 1 aliphatic heterocycles. The highest BCUT2D eigenvalue weighted by atomic mass is 15.2. The number of para-hydroxylation sites is 1. The van der Waals surface area contributed by atoms with Crippen molar-refractivity contribution in [2.75, 3.05) is 0 Å². The van der Waals surface area contributed by atoms with E-state index < -0.39 is 0 Å². The molecular weight excluding hydrogens is 681 g/mol. The Morgan fingerprint density at radius 3 is 2.41 bits per heavy atom. The molecule has 3 aromatic carbocycles. The van der Waals surface area contributed by atoms with E-state index in [2.05, 4.69) is 173 Å². The van der Waals surface area contributed by atoms with E-state index in [0.29, 0.717) is 5.92 Å². The Morgan fingerprint density at radius 1 is 0.696 bits per heavy atom. The summed E-state index contributed by atoms with van der Waals surface area (Å²) in [7, 11) is 0. The summed E-state index contributed by atoms with van der Waals surface area (Å²) in [5.41, 5.74) is 16.3. The second-order valence-electron chi connectivity index (χ2n) is 15.8. The lowest BCUT2D eigenvalue weighted by atomic mass is 9.88. The van der Waals surface area contributed by atoms with E-state index in [1.165, 1.54) is 61.5 Å². The lowest BCUT2D eigenvalue weighted by Gasteiger charge is -2.36. The Bertz CT molecular complexity index is 2690. The number of benzene rings is 3. The van der Waals surface area contributed by atoms with Gasteiger partial charge in [0, 0.05) is 51.1 Å². The molecule has 5 aliphatic carbocycles. The Morgan fingerprint density at radius 2 is 1.50 bits per heavy atom. The summed E-state index contributed by atoms with van der Waals surface area (Å²) in [6.07, 6.45) is 37.4. The van der Waals surface area contributed by atoms with Crippen LogP contribution >= 0.6 is 0 Å². The van der Waals surface area contributed by atoms with E-state index in [0.717, 1.165) is 67.7 Å². The van der Waals surface area contributed by atoms with E-state index in [1.54, 1.807) is 0 Å². The summed E-state index contributed by atoms with van der Waals surface area (Å²) in [6.45, 7) is 0. The van der Waals surface area contributed by atoms with Crippen LogP contribution in [0.1, 0.15) is 67.2 Å². The first kappa shape index (κ1) is 33.1. The molecule has 56 heavy (non-hydrogen) atoms. The van der Waals surface area contributed by atoms with Crippen molar-refractivity contribution in [2.24, 2.45) is 5.92 Å². The van der Waals surface area contributed by atoms with Crippen molar-refractivity contribution in [2.45, 2.75) is 56.9 Å². The second-order valence-corrected chi connectivity index (χ2v) is 15.8. The first-order chi connectivity index (χ1) is 27.8. The zero-order valence-corrected chi connectivity index (χ0v) is 31.6. The van der Waals surface area contributed by atoms with E-state index in [4.69, 9.17) is 9.97 Å². The van der Waals surface area contributed by atoms with Crippen molar-refractivity contribution in [3.05, 3.63) is 198 Å². The molecule has 0 spiro atoms. The minimum atomic E-state index is 0.0374. The SMILES string of the molecule is C1=CCCC(c2nc(-c3ccccc3-c3ccccc3)cc(C3C=C(n4c5c(c6ccccc64)C=CCC5)C=C(N4C5=C(C=CCC5)C5C=CC=CC54)C3)n2)=C1. The minimum absolute atomic E-state index is 0.0374. The van der Waals surface area contributed by atoms with Gasteiger partial charge < -0.3 is 9.47 Å². The van der Waals surface area contributed by atoms with Gasteiger partial charge >= 0.3 is 0 Å². The predicted octanol–water partition coefficient (Wildman–Crippen LogP) is 12.4. The van der Waals surface area contributed by atoms with Crippen molar-refractivity contribution in [3.8, 4) is 22.4 Å². The maximum absolute atomic E-state index is 5.53. The van der Waals surface area contributed by atoms with Crippen LogP contribution in [0.15, 0.2) is 175 Å². The highest BCUT2D eigenvalue weighted by Crippen LogP contribution is 2.48. The monoisotopic (exact) mass is 724 g/mol. The van der Waals surface area contributed by atoms with Gasteiger partial charge in [0.05, 0.1) is 22.9 Å². The van der Waals surface area contributed by atoms with Crippen molar-refractivity contribution >= 4 is 28.2 Å². The third-order valence-electron chi connectivity index (χ3n) is 12.5. The molecule has 0 N–H and O–H groups in total. The fourth-order valence-electron chi connectivity index (χ4n) is 9.94. The molecule has 6 aliphatic rings. The molecule has 0 amide bonds. The molecule has 0 saturated carbocycles. The topological polar surface area (TPSA) is 34.0 Å². The summed E-state index contributed by atoms with van der Waals surface area (Å²) < 4.78 is 2.57. The van der Waals surface area contributed by atoms with Gasteiger partial charge in [0.2, 0.25) is 0 Å². The van der Waals surface area contributed by atoms with Gasteiger partial charge in [0.25, 0.3) is 0 Å². The fraction of sp³-hybridized carbons (Fsp3) is 0.192. The number of fused-ring (bicyclic) bond motifs is 5. The smallest absolute Gasteiger partial charge is 0.156 e. The minimum Gasteiger partial charge on any atom is -0.340 e. The first-order valence-electron chi connectivity index (χ1n) is 20.4. The zero-order chi connectivity index (χ0) is 37.0. The molecule has 5 aromatic rings. The Kier molecular flexibility index (Phi) is 8.16. The molecular formula is C52H44N4.